The highest BCUT2D eigenvalue weighted by Crippen LogP contribution is 2.31. The first-order valence-electron chi connectivity index (χ1n) is 4.60. The molecule has 2 nitrogen and oxygen atoms in total. The molecule has 0 aliphatic rings. The number of hydrogen-bond acceptors (Lipinski definition) is 2. The topological polar surface area (TPSA) is 30.2 Å². The molecule has 2 aromatic carbocycles. The summed E-state index contributed by atoms with van der Waals surface area (Å²) in [6.45, 7) is 0. The van der Waals surface area contributed by atoms with Gasteiger partial charge in [-0.2, -0.15) is 0 Å². The zero-order valence-corrected chi connectivity index (χ0v) is 8.58. The van der Waals surface area contributed by atoms with E-state index in [9.17, 15) is 4.21 Å². The van der Waals surface area contributed by atoms with Gasteiger partial charge in [0, 0.05) is 15.7 Å². The molecule has 0 bridgehead atoms. The predicted molar refractivity (Wildman–Crippen MR) is 60.0 cm³/mol. The summed E-state index contributed by atoms with van der Waals surface area (Å²) in [5.41, 5.74) is 1.60. The van der Waals surface area contributed by atoms with Crippen LogP contribution >= 0.6 is 0 Å². The maximum absolute atomic E-state index is 11.0. The molecule has 0 aliphatic carbocycles. The molecule has 0 unspecified atom stereocenters. The van der Waals surface area contributed by atoms with Crippen molar-refractivity contribution in [1.29, 1.82) is 0 Å². The maximum atomic E-state index is 11.0. The molecule has 15 heavy (non-hydrogen) atoms. The minimum Gasteiger partial charge on any atom is -0.456 e. The Bertz CT molecular complexity index is 655. The van der Waals surface area contributed by atoms with Crippen LogP contribution in [0.1, 0.15) is 0 Å². The molecule has 0 N–H and O–H groups in total. The second-order valence-corrected chi connectivity index (χ2v) is 3.92. The molecule has 3 rings (SSSR count). The molecular weight excluding hydrogens is 208 g/mol. The molecule has 0 atom stereocenters. The second kappa shape index (κ2) is 3.14. The van der Waals surface area contributed by atoms with Crippen LogP contribution in [0.4, 0.5) is 0 Å². The fourth-order valence-electron chi connectivity index (χ4n) is 1.81. The molecular formula is C12H7O2S+. The number of hydrogen-bond donors (Lipinski definition) is 0. The molecule has 1 aromatic heterocycles. The molecule has 0 amide bonds. The highest BCUT2D eigenvalue weighted by molar-refractivity contribution is 7.66. The number of benzene rings is 2. The summed E-state index contributed by atoms with van der Waals surface area (Å²) < 4.78 is 16.6. The monoisotopic (exact) mass is 215 g/mol. The Balaban J connectivity index is 2.62. The fourth-order valence-corrected chi connectivity index (χ4v) is 2.24. The van der Waals surface area contributed by atoms with Crippen molar-refractivity contribution in [3.05, 3.63) is 42.5 Å². The van der Waals surface area contributed by atoms with Crippen LogP contribution in [0.15, 0.2) is 51.8 Å². The van der Waals surface area contributed by atoms with Gasteiger partial charge in [0.05, 0.1) is 5.39 Å². The first-order chi connectivity index (χ1) is 7.40. The summed E-state index contributed by atoms with van der Waals surface area (Å²) in [6.07, 6.45) is 0. The van der Waals surface area contributed by atoms with E-state index in [4.69, 9.17) is 4.42 Å². The third-order valence-corrected chi connectivity index (χ3v) is 2.97. The van der Waals surface area contributed by atoms with Gasteiger partial charge in [0.25, 0.3) is 4.90 Å². The van der Waals surface area contributed by atoms with E-state index in [1.54, 1.807) is 0 Å². The number of rotatable bonds is 1. The summed E-state index contributed by atoms with van der Waals surface area (Å²) in [5, 5.41) is 1.93. The van der Waals surface area contributed by atoms with Gasteiger partial charge in [-0.1, -0.05) is 24.3 Å². The van der Waals surface area contributed by atoms with E-state index in [-0.39, 0.29) is 0 Å². The average molecular weight is 215 g/mol. The van der Waals surface area contributed by atoms with Gasteiger partial charge in [-0.25, -0.2) is 0 Å². The van der Waals surface area contributed by atoms with Crippen LogP contribution < -0.4 is 0 Å². The highest BCUT2D eigenvalue weighted by Gasteiger charge is 2.17. The first-order valence-corrected chi connectivity index (χ1v) is 5.34. The summed E-state index contributed by atoms with van der Waals surface area (Å²) >= 11 is 0.508. The van der Waals surface area contributed by atoms with Gasteiger partial charge >= 0.3 is 11.7 Å². The zero-order chi connectivity index (χ0) is 10.3. The van der Waals surface area contributed by atoms with Crippen LogP contribution in [-0.2, 0) is 15.9 Å². The second-order valence-electron chi connectivity index (χ2n) is 3.31. The van der Waals surface area contributed by atoms with Crippen molar-refractivity contribution in [1.82, 2.24) is 0 Å². The van der Waals surface area contributed by atoms with Crippen molar-refractivity contribution in [2.24, 2.45) is 0 Å². The molecule has 0 spiro atoms. The predicted octanol–water partition coefficient (Wildman–Crippen LogP) is 3.37. The van der Waals surface area contributed by atoms with Crippen LogP contribution in [0.25, 0.3) is 21.9 Å². The van der Waals surface area contributed by atoms with E-state index in [0.717, 1.165) is 26.8 Å². The summed E-state index contributed by atoms with van der Waals surface area (Å²) in [6, 6.07) is 13.3. The molecule has 72 valence electrons. The highest BCUT2D eigenvalue weighted by atomic mass is 32.1. The third kappa shape index (κ3) is 1.17. The van der Waals surface area contributed by atoms with E-state index in [2.05, 4.69) is 0 Å². The Kier molecular flexibility index (Phi) is 1.79. The van der Waals surface area contributed by atoms with Crippen molar-refractivity contribution in [2.45, 2.75) is 4.90 Å². The van der Waals surface area contributed by atoms with Gasteiger partial charge < -0.3 is 4.42 Å². The quantitative estimate of drug-likeness (QED) is 0.582. The Morgan fingerprint density at radius 3 is 2.60 bits per heavy atom. The van der Waals surface area contributed by atoms with Gasteiger partial charge in [0.15, 0.2) is 0 Å². The molecule has 0 saturated heterocycles. The number of furan rings is 1. The third-order valence-electron chi connectivity index (χ3n) is 2.45. The van der Waals surface area contributed by atoms with Gasteiger partial charge in [0.2, 0.25) is 0 Å². The standard InChI is InChI=1S/C12H7O2S/c13-15-11-7-3-6-10-12(11)8-4-1-2-5-9(8)14-10/h1-7H/q+1. The van der Waals surface area contributed by atoms with Gasteiger partial charge in [-0.05, 0) is 12.1 Å². The van der Waals surface area contributed by atoms with E-state index in [1.165, 1.54) is 0 Å². The smallest absolute Gasteiger partial charge is 0.456 e. The normalized spacial score (nSPS) is 10.9. The lowest BCUT2D eigenvalue weighted by atomic mass is 10.1. The molecule has 0 saturated carbocycles. The van der Waals surface area contributed by atoms with E-state index >= 15 is 0 Å². The van der Waals surface area contributed by atoms with Crippen molar-refractivity contribution >= 4 is 33.6 Å². The molecule has 1 heterocycles. The SMILES string of the molecule is O=[S+]c1cccc2oc3ccccc3c12. The van der Waals surface area contributed by atoms with Gasteiger partial charge in [0.1, 0.15) is 11.2 Å². The molecule has 3 aromatic rings. The summed E-state index contributed by atoms with van der Waals surface area (Å²) in [4.78, 5) is 0.720. The van der Waals surface area contributed by atoms with Gasteiger partial charge in [-0.3, -0.25) is 0 Å². The van der Waals surface area contributed by atoms with Crippen molar-refractivity contribution < 1.29 is 8.63 Å². The maximum Gasteiger partial charge on any atom is 0.505 e. The lowest BCUT2D eigenvalue weighted by Gasteiger charge is -1.84. The molecule has 0 fully saturated rings. The summed E-state index contributed by atoms with van der Waals surface area (Å²) in [5.74, 6) is 0. The number of para-hydroxylation sites is 1. The lowest BCUT2D eigenvalue weighted by Crippen LogP contribution is -1.74. The van der Waals surface area contributed by atoms with Crippen LogP contribution in [0.5, 0.6) is 0 Å². The van der Waals surface area contributed by atoms with E-state index < -0.39 is 0 Å². The summed E-state index contributed by atoms with van der Waals surface area (Å²) in [7, 11) is 0. The molecule has 3 heteroatoms. The molecule has 0 aliphatic heterocycles. The zero-order valence-electron chi connectivity index (χ0n) is 7.77. The first kappa shape index (κ1) is 8.56. The van der Waals surface area contributed by atoms with E-state index in [0.29, 0.717) is 11.7 Å². The Morgan fingerprint density at radius 1 is 0.933 bits per heavy atom. The van der Waals surface area contributed by atoms with Gasteiger partial charge in [-0.15, -0.1) is 0 Å². The Hall–Kier alpha value is -1.74. The average Bonchev–Trinajstić information content (AvgIpc) is 2.67. The van der Waals surface area contributed by atoms with Crippen LogP contribution in [0, 0.1) is 0 Å². The number of fused-ring (bicyclic) bond motifs is 3. The minimum atomic E-state index is 0.508. The minimum absolute atomic E-state index is 0.508. The van der Waals surface area contributed by atoms with Crippen LogP contribution in [0.3, 0.4) is 0 Å². The van der Waals surface area contributed by atoms with Crippen molar-refractivity contribution in [3.8, 4) is 0 Å². The largest absolute Gasteiger partial charge is 0.505 e. The molecule has 0 radical (unpaired) electrons. The van der Waals surface area contributed by atoms with Crippen molar-refractivity contribution in [3.63, 3.8) is 0 Å². The van der Waals surface area contributed by atoms with Crippen LogP contribution in [0.2, 0.25) is 0 Å². The lowest BCUT2D eigenvalue weighted by molar-refractivity contribution is 0.605. The van der Waals surface area contributed by atoms with Crippen LogP contribution in [-0.4, -0.2) is 0 Å². The van der Waals surface area contributed by atoms with Crippen molar-refractivity contribution in [2.75, 3.05) is 0 Å². The Labute approximate surface area is 90.0 Å². The Morgan fingerprint density at radius 2 is 1.73 bits per heavy atom. The van der Waals surface area contributed by atoms with E-state index in [1.807, 2.05) is 42.5 Å². The fraction of sp³-hybridized carbons (Fsp3) is 0.